The first kappa shape index (κ1) is 22.7. The van der Waals surface area contributed by atoms with Crippen LogP contribution < -0.4 is 14.8 Å². The van der Waals surface area contributed by atoms with Gasteiger partial charge in [0.15, 0.2) is 5.82 Å². The Kier molecular flexibility index (Phi) is 6.79. The lowest BCUT2D eigenvalue weighted by atomic mass is 10.1. The molecule has 0 amide bonds. The molecular weight excluding hydrogens is 484 g/mol. The Bertz CT molecular complexity index is 1210. The number of hydrogen-bond donors (Lipinski definition) is 2. The SMILES string of the molecule is O=S(=O)(Nc1cscn1)c1cc(Cl)c(NCc2cc(OCC3COC3)ccc2F)cc1F. The molecule has 0 aliphatic carbocycles. The van der Waals surface area contributed by atoms with E-state index in [-0.39, 0.29) is 28.6 Å². The van der Waals surface area contributed by atoms with Gasteiger partial charge in [-0.2, -0.15) is 0 Å². The number of rotatable bonds is 9. The second kappa shape index (κ2) is 9.57. The van der Waals surface area contributed by atoms with E-state index >= 15 is 0 Å². The number of ether oxygens (including phenoxy) is 2. The minimum absolute atomic E-state index is 0.0160. The maximum Gasteiger partial charge on any atom is 0.266 e. The van der Waals surface area contributed by atoms with Gasteiger partial charge in [-0.25, -0.2) is 22.2 Å². The smallest absolute Gasteiger partial charge is 0.266 e. The third-order valence-corrected chi connectivity index (χ3v) is 6.93. The molecule has 0 unspecified atom stereocenters. The second-order valence-corrected chi connectivity index (χ2v) is 9.84. The van der Waals surface area contributed by atoms with E-state index in [4.69, 9.17) is 21.1 Å². The zero-order valence-electron chi connectivity index (χ0n) is 16.5. The summed E-state index contributed by atoms with van der Waals surface area (Å²) in [6, 6.07) is 6.30. The minimum Gasteiger partial charge on any atom is -0.493 e. The van der Waals surface area contributed by atoms with E-state index in [0.717, 1.165) is 12.1 Å². The van der Waals surface area contributed by atoms with Crippen LogP contribution in [0.15, 0.2) is 46.1 Å². The first-order valence-electron chi connectivity index (χ1n) is 9.45. The van der Waals surface area contributed by atoms with Gasteiger partial charge in [0.25, 0.3) is 10.0 Å². The maximum absolute atomic E-state index is 14.6. The Morgan fingerprint density at radius 3 is 2.72 bits per heavy atom. The summed E-state index contributed by atoms with van der Waals surface area (Å²) in [4.78, 5) is 3.19. The van der Waals surface area contributed by atoms with Crippen LogP contribution in [0, 0.1) is 17.6 Å². The van der Waals surface area contributed by atoms with Crippen LogP contribution in [0.25, 0.3) is 0 Å². The topological polar surface area (TPSA) is 89.6 Å². The Balaban J connectivity index is 1.46. The first-order valence-corrected chi connectivity index (χ1v) is 12.2. The lowest BCUT2D eigenvalue weighted by Gasteiger charge is -2.25. The number of aromatic nitrogens is 1. The molecule has 32 heavy (non-hydrogen) atoms. The molecule has 2 heterocycles. The van der Waals surface area contributed by atoms with Gasteiger partial charge in [0.2, 0.25) is 0 Å². The lowest BCUT2D eigenvalue weighted by Crippen LogP contribution is -2.32. The third kappa shape index (κ3) is 5.29. The highest BCUT2D eigenvalue weighted by molar-refractivity contribution is 7.92. The predicted octanol–water partition coefficient (Wildman–Crippen LogP) is 4.51. The summed E-state index contributed by atoms with van der Waals surface area (Å²) in [5.41, 5.74) is 1.84. The molecule has 1 aliphatic heterocycles. The predicted molar refractivity (Wildman–Crippen MR) is 118 cm³/mol. The number of hydrogen-bond acceptors (Lipinski definition) is 7. The molecule has 1 fully saturated rings. The van der Waals surface area contributed by atoms with Gasteiger partial charge < -0.3 is 14.8 Å². The van der Waals surface area contributed by atoms with Crippen molar-refractivity contribution in [2.75, 3.05) is 29.9 Å². The molecular formula is C20H18ClF2N3O4S2. The molecule has 0 spiro atoms. The molecule has 7 nitrogen and oxygen atoms in total. The fraction of sp³-hybridized carbons (Fsp3) is 0.250. The summed E-state index contributed by atoms with van der Waals surface area (Å²) in [5, 5.41) is 4.27. The molecule has 2 N–H and O–H groups in total. The average molecular weight is 502 g/mol. The van der Waals surface area contributed by atoms with Crippen molar-refractivity contribution in [3.05, 3.63) is 63.4 Å². The Hall–Kier alpha value is -2.47. The molecule has 12 heteroatoms. The summed E-state index contributed by atoms with van der Waals surface area (Å²) in [5.74, 6) is -0.583. The fourth-order valence-electron chi connectivity index (χ4n) is 2.89. The monoisotopic (exact) mass is 501 g/mol. The first-order chi connectivity index (χ1) is 15.3. The molecule has 3 aromatic rings. The zero-order valence-corrected chi connectivity index (χ0v) is 18.9. The maximum atomic E-state index is 14.6. The van der Waals surface area contributed by atoms with Crippen molar-refractivity contribution in [3.63, 3.8) is 0 Å². The van der Waals surface area contributed by atoms with E-state index in [1.165, 1.54) is 34.4 Å². The van der Waals surface area contributed by atoms with Gasteiger partial charge in [-0.15, -0.1) is 11.3 Å². The van der Waals surface area contributed by atoms with E-state index in [0.29, 0.717) is 31.5 Å². The molecule has 0 saturated carbocycles. The molecule has 0 atom stereocenters. The standard InChI is InChI=1S/C20H18ClF2N3O4S2/c21-15-4-19(32(27,28)26-20-10-31-11-25-20)17(23)5-18(15)24-6-13-3-14(1-2-16(13)22)30-9-12-7-29-8-12/h1-5,10-12,24,26H,6-9H2. The Labute approximate surface area is 192 Å². The third-order valence-electron chi connectivity index (χ3n) is 4.66. The highest BCUT2D eigenvalue weighted by Crippen LogP contribution is 2.30. The number of nitrogens with one attached hydrogen (secondary N) is 2. The fourth-order valence-corrected chi connectivity index (χ4v) is 4.83. The van der Waals surface area contributed by atoms with E-state index in [2.05, 4.69) is 15.0 Å². The summed E-state index contributed by atoms with van der Waals surface area (Å²) >= 11 is 7.36. The zero-order chi connectivity index (χ0) is 22.7. The number of thiazole rings is 1. The summed E-state index contributed by atoms with van der Waals surface area (Å²) < 4.78 is 66.6. The van der Waals surface area contributed by atoms with Gasteiger partial charge in [0.1, 0.15) is 22.3 Å². The van der Waals surface area contributed by atoms with Gasteiger partial charge in [-0.1, -0.05) is 11.6 Å². The number of benzene rings is 2. The number of nitrogens with zero attached hydrogens (tertiary/aromatic N) is 1. The van der Waals surface area contributed by atoms with Crippen LogP contribution in [0.3, 0.4) is 0 Å². The Morgan fingerprint density at radius 1 is 1.22 bits per heavy atom. The van der Waals surface area contributed by atoms with Crippen molar-refractivity contribution in [2.24, 2.45) is 5.92 Å². The quantitative estimate of drug-likeness (QED) is 0.448. The number of sulfonamides is 1. The minimum atomic E-state index is -4.22. The van der Waals surface area contributed by atoms with Crippen molar-refractivity contribution < 1.29 is 26.7 Å². The summed E-state index contributed by atoms with van der Waals surface area (Å²) in [6.45, 7) is 1.74. The van der Waals surface area contributed by atoms with Gasteiger partial charge in [0.05, 0.1) is 36.0 Å². The molecule has 4 rings (SSSR count). The van der Waals surface area contributed by atoms with Crippen LogP contribution in [0.2, 0.25) is 5.02 Å². The molecule has 1 saturated heterocycles. The molecule has 0 bridgehead atoms. The normalized spacial score (nSPS) is 14.1. The molecule has 1 aliphatic rings. The van der Waals surface area contributed by atoms with Crippen molar-refractivity contribution >= 4 is 44.5 Å². The molecule has 2 aromatic carbocycles. The van der Waals surface area contributed by atoms with E-state index in [1.54, 1.807) is 6.07 Å². The van der Waals surface area contributed by atoms with Crippen molar-refractivity contribution in [1.29, 1.82) is 0 Å². The van der Waals surface area contributed by atoms with Crippen LogP contribution in [-0.4, -0.2) is 33.2 Å². The number of anilines is 2. The van der Waals surface area contributed by atoms with Crippen molar-refractivity contribution in [2.45, 2.75) is 11.4 Å². The van der Waals surface area contributed by atoms with E-state index in [1.807, 2.05) is 0 Å². The van der Waals surface area contributed by atoms with Crippen LogP contribution >= 0.6 is 22.9 Å². The van der Waals surface area contributed by atoms with Crippen LogP contribution in [-0.2, 0) is 21.3 Å². The van der Waals surface area contributed by atoms with E-state index < -0.39 is 26.6 Å². The molecule has 0 radical (unpaired) electrons. The molecule has 170 valence electrons. The van der Waals surface area contributed by atoms with Crippen molar-refractivity contribution in [3.8, 4) is 5.75 Å². The Morgan fingerprint density at radius 2 is 2.03 bits per heavy atom. The van der Waals surface area contributed by atoms with Gasteiger partial charge >= 0.3 is 0 Å². The summed E-state index contributed by atoms with van der Waals surface area (Å²) in [7, 11) is -4.22. The lowest BCUT2D eigenvalue weighted by molar-refractivity contribution is -0.0508. The average Bonchev–Trinajstić information content (AvgIpc) is 3.21. The van der Waals surface area contributed by atoms with Crippen molar-refractivity contribution in [1.82, 2.24) is 4.98 Å². The number of halogens is 3. The van der Waals surface area contributed by atoms with E-state index in [9.17, 15) is 17.2 Å². The highest BCUT2D eigenvalue weighted by Gasteiger charge is 2.23. The van der Waals surface area contributed by atoms with Crippen LogP contribution in [0.1, 0.15) is 5.56 Å². The second-order valence-electron chi connectivity index (χ2n) is 7.06. The molecule has 1 aromatic heterocycles. The van der Waals surface area contributed by atoms with Crippen LogP contribution in [0.5, 0.6) is 5.75 Å². The van der Waals surface area contributed by atoms with Crippen LogP contribution in [0.4, 0.5) is 20.3 Å². The largest absolute Gasteiger partial charge is 0.493 e. The van der Waals surface area contributed by atoms with Gasteiger partial charge in [0, 0.05) is 23.4 Å². The highest BCUT2D eigenvalue weighted by atomic mass is 35.5. The van der Waals surface area contributed by atoms with Gasteiger partial charge in [-0.3, -0.25) is 4.72 Å². The summed E-state index contributed by atoms with van der Waals surface area (Å²) in [6.07, 6.45) is 0. The van der Waals surface area contributed by atoms with Gasteiger partial charge in [-0.05, 0) is 30.3 Å².